The average molecular weight is 569 g/mol. The number of anilines is 1. The highest BCUT2D eigenvalue weighted by Crippen LogP contribution is 2.34. The minimum absolute atomic E-state index is 0.168. The normalized spacial score (nSPS) is 12.8. The molecular weight excluding hydrogens is 547 g/mol. The number of nitrogens with zero attached hydrogens (tertiary/aromatic N) is 3. The van der Waals surface area contributed by atoms with E-state index in [9.17, 15) is 13.2 Å². The summed E-state index contributed by atoms with van der Waals surface area (Å²) in [6.45, 7) is 1.86. The summed E-state index contributed by atoms with van der Waals surface area (Å²) in [7, 11) is -3.26. The number of ketones is 1. The van der Waals surface area contributed by atoms with Gasteiger partial charge in [-0.3, -0.25) is 4.79 Å². The van der Waals surface area contributed by atoms with Gasteiger partial charge in [0, 0.05) is 34.4 Å². The number of nitrogens with two attached hydrogens (primary N) is 1. The molecule has 0 fully saturated rings. The Morgan fingerprint density at radius 3 is 2.66 bits per heavy atom. The Kier molecular flexibility index (Phi) is 6.77. The Labute approximate surface area is 229 Å². The van der Waals surface area contributed by atoms with Crippen molar-refractivity contribution < 1.29 is 17.9 Å². The molecule has 1 aliphatic carbocycles. The maximum absolute atomic E-state index is 13.4. The molecule has 0 saturated carbocycles. The number of sulfone groups is 1. The Morgan fingerprint density at radius 2 is 1.95 bits per heavy atom. The average Bonchev–Trinajstić information content (AvgIpc) is 3.41. The van der Waals surface area contributed by atoms with Crippen molar-refractivity contribution in [2.24, 2.45) is 0 Å². The van der Waals surface area contributed by atoms with E-state index in [0.717, 1.165) is 22.9 Å². The molecule has 194 valence electrons. The molecule has 0 saturated heterocycles. The summed E-state index contributed by atoms with van der Waals surface area (Å²) in [5.74, 6) is 0.671. The molecular formula is C27H22Cl2N4O4S. The molecule has 1 aliphatic rings. The number of Topliss-reactive ketones (excluding diaryl/α,β-unsaturated/α-hetero) is 1. The van der Waals surface area contributed by atoms with Gasteiger partial charge >= 0.3 is 0 Å². The maximum Gasteiger partial charge on any atom is 0.219 e. The molecule has 0 atom stereocenters. The van der Waals surface area contributed by atoms with Crippen molar-refractivity contribution in [3.63, 3.8) is 0 Å². The largest absolute Gasteiger partial charge is 0.439 e. The van der Waals surface area contributed by atoms with E-state index in [-0.39, 0.29) is 22.9 Å². The van der Waals surface area contributed by atoms with Crippen LogP contribution in [0.3, 0.4) is 0 Å². The minimum atomic E-state index is -3.26. The predicted octanol–water partition coefficient (Wildman–Crippen LogP) is 5.62. The number of carbonyl (C=O) groups excluding carboxylic acids is 1. The summed E-state index contributed by atoms with van der Waals surface area (Å²) in [6.07, 6.45) is 6.24. The number of pyridine rings is 1. The second-order valence-corrected chi connectivity index (χ2v) is 12.1. The molecule has 4 aromatic rings. The van der Waals surface area contributed by atoms with Gasteiger partial charge in [-0.15, -0.1) is 0 Å². The molecule has 38 heavy (non-hydrogen) atoms. The van der Waals surface area contributed by atoms with Gasteiger partial charge in [0.1, 0.15) is 11.6 Å². The van der Waals surface area contributed by atoms with Crippen molar-refractivity contribution >= 4 is 50.7 Å². The fraction of sp³-hybridized carbons (Fsp3) is 0.148. The molecule has 2 N–H and O–H groups in total. The van der Waals surface area contributed by atoms with Gasteiger partial charge in [0.2, 0.25) is 5.88 Å². The summed E-state index contributed by atoms with van der Waals surface area (Å²) in [4.78, 5) is 17.7. The highest BCUT2D eigenvalue weighted by Gasteiger charge is 2.25. The molecule has 0 spiro atoms. The van der Waals surface area contributed by atoms with Crippen LogP contribution in [0.25, 0.3) is 11.8 Å². The minimum Gasteiger partial charge on any atom is -0.439 e. The number of halogens is 2. The molecule has 5 rings (SSSR count). The third-order valence-electron chi connectivity index (χ3n) is 6.08. The first-order chi connectivity index (χ1) is 18.0. The zero-order valence-electron chi connectivity index (χ0n) is 20.4. The van der Waals surface area contributed by atoms with Crippen LogP contribution in [-0.4, -0.2) is 35.2 Å². The van der Waals surface area contributed by atoms with E-state index in [0.29, 0.717) is 44.9 Å². The maximum atomic E-state index is 13.4. The van der Waals surface area contributed by atoms with Crippen molar-refractivity contribution in [1.82, 2.24) is 14.8 Å². The van der Waals surface area contributed by atoms with E-state index in [4.69, 9.17) is 33.7 Å². The first-order valence-electron chi connectivity index (χ1n) is 11.5. The number of carbonyl (C=O) groups is 1. The zero-order chi connectivity index (χ0) is 27.2. The van der Waals surface area contributed by atoms with Crippen LogP contribution in [0.5, 0.6) is 11.6 Å². The number of hydrogen-bond acceptors (Lipinski definition) is 7. The quantitative estimate of drug-likeness (QED) is 0.287. The number of allylic oxidation sites excluding steroid dienone is 1. The molecule has 0 aliphatic heterocycles. The van der Waals surface area contributed by atoms with E-state index in [2.05, 4.69) is 10.1 Å². The van der Waals surface area contributed by atoms with Gasteiger partial charge in [0.15, 0.2) is 15.6 Å². The number of rotatable bonds is 7. The number of hydrogen-bond donors (Lipinski definition) is 1. The lowest BCUT2D eigenvalue weighted by atomic mass is 10.0. The van der Waals surface area contributed by atoms with Crippen molar-refractivity contribution in [3.8, 4) is 17.3 Å². The van der Waals surface area contributed by atoms with Gasteiger partial charge in [-0.25, -0.2) is 18.1 Å². The van der Waals surface area contributed by atoms with Crippen LogP contribution < -0.4 is 10.5 Å². The standard InChI is InChI=1S/C27H22Cl2N4O4S/c1-15-6-25(37-21-5-3-4-20(28)11-21)31-13-24(15)33-27(30)22(12-32-33)26(34)18-7-16-9-19(14-38(2,35)36)23(29)10-17(16)8-18/h3-6,8-13H,7,14,30H2,1-2H3. The summed E-state index contributed by atoms with van der Waals surface area (Å²) >= 11 is 12.3. The number of fused-ring (bicyclic) bond motifs is 1. The van der Waals surface area contributed by atoms with Gasteiger partial charge in [-0.05, 0) is 59.5 Å². The van der Waals surface area contributed by atoms with E-state index in [1.54, 1.807) is 54.7 Å². The van der Waals surface area contributed by atoms with Crippen LogP contribution in [-0.2, 0) is 22.0 Å². The van der Waals surface area contributed by atoms with E-state index < -0.39 is 9.84 Å². The molecule has 2 aromatic carbocycles. The lowest BCUT2D eigenvalue weighted by Gasteiger charge is -2.11. The van der Waals surface area contributed by atoms with E-state index in [1.165, 1.54) is 10.9 Å². The van der Waals surface area contributed by atoms with E-state index in [1.807, 2.05) is 6.92 Å². The van der Waals surface area contributed by atoms with Gasteiger partial charge in [-0.2, -0.15) is 5.10 Å². The number of aromatic nitrogens is 3. The number of nitrogen functional groups attached to an aromatic ring is 1. The molecule has 11 heteroatoms. The number of benzene rings is 2. The summed E-state index contributed by atoms with van der Waals surface area (Å²) in [5, 5.41) is 5.24. The van der Waals surface area contributed by atoms with Crippen LogP contribution in [0.1, 0.15) is 32.6 Å². The zero-order valence-corrected chi connectivity index (χ0v) is 22.7. The smallest absolute Gasteiger partial charge is 0.219 e. The van der Waals surface area contributed by atoms with Crippen LogP contribution in [0.4, 0.5) is 5.82 Å². The lowest BCUT2D eigenvalue weighted by molar-refractivity contribution is 0.103. The monoisotopic (exact) mass is 568 g/mol. The molecule has 0 radical (unpaired) electrons. The molecule has 0 bridgehead atoms. The van der Waals surface area contributed by atoms with Gasteiger partial charge < -0.3 is 10.5 Å². The SMILES string of the molecule is Cc1cc(Oc2cccc(Cl)c2)ncc1-n1ncc(C(=O)C2=Cc3cc(Cl)c(CS(C)(=O)=O)cc3C2)c1N. The summed E-state index contributed by atoms with van der Waals surface area (Å²) in [5.41, 5.74) is 10.6. The second-order valence-electron chi connectivity index (χ2n) is 9.11. The van der Waals surface area contributed by atoms with Crippen molar-refractivity contribution in [2.45, 2.75) is 19.1 Å². The number of ether oxygens (including phenoxy) is 1. The highest BCUT2D eigenvalue weighted by atomic mass is 35.5. The van der Waals surface area contributed by atoms with Crippen molar-refractivity contribution in [1.29, 1.82) is 0 Å². The highest BCUT2D eigenvalue weighted by molar-refractivity contribution is 7.89. The van der Waals surface area contributed by atoms with Crippen molar-refractivity contribution in [2.75, 3.05) is 12.0 Å². The predicted molar refractivity (Wildman–Crippen MR) is 148 cm³/mol. The molecule has 2 aromatic heterocycles. The number of aryl methyl sites for hydroxylation is 1. The van der Waals surface area contributed by atoms with Gasteiger partial charge in [0.05, 0.1) is 29.4 Å². The Morgan fingerprint density at radius 1 is 1.16 bits per heavy atom. The summed E-state index contributed by atoms with van der Waals surface area (Å²) in [6, 6.07) is 12.2. The van der Waals surface area contributed by atoms with Crippen LogP contribution in [0.15, 0.2) is 60.4 Å². The molecule has 0 unspecified atom stereocenters. The first kappa shape index (κ1) is 26.0. The first-order valence-corrected chi connectivity index (χ1v) is 14.3. The van der Waals surface area contributed by atoms with E-state index >= 15 is 0 Å². The van der Waals surface area contributed by atoms with Crippen LogP contribution in [0.2, 0.25) is 10.0 Å². The molecule has 2 heterocycles. The fourth-order valence-electron chi connectivity index (χ4n) is 4.30. The van der Waals surface area contributed by atoms with Crippen LogP contribution >= 0.6 is 23.2 Å². The third kappa shape index (κ3) is 5.31. The Balaban J connectivity index is 1.37. The molecule has 0 amide bonds. The fourth-order valence-corrected chi connectivity index (χ4v) is 5.61. The third-order valence-corrected chi connectivity index (χ3v) is 7.51. The topological polar surface area (TPSA) is 117 Å². The second kappa shape index (κ2) is 9.90. The Hall–Kier alpha value is -3.66. The van der Waals surface area contributed by atoms with Gasteiger partial charge in [-0.1, -0.05) is 35.3 Å². The summed E-state index contributed by atoms with van der Waals surface area (Å²) < 4.78 is 30.7. The van der Waals surface area contributed by atoms with Gasteiger partial charge in [0.25, 0.3) is 0 Å². The molecule has 8 nitrogen and oxygen atoms in total. The van der Waals surface area contributed by atoms with Crippen LogP contribution in [0, 0.1) is 6.92 Å². The lowest BCUT2D eigenvalue weighted by Crippen LogP contribution is -2.09. The van der Waals surface area contributed by atoms with Crippen molar-refractivity contribution in [3.05, 3.63) is 98.3 Å². The Bertz CT molecular complexity index is 1750.